The first kappa shape index (κ1) is 52.2. The second-order valence-corrected chi connectivity index (χ2v) is 23.0. The molecule has 0 spiro atoms. The van der Waals surface area contributed by atoms with Gasteiger partial charge in [0.15, 0.2) is 0 Å². The minimum atomic E-state index is -4.36. The van der Waals surface area contributed by atoms with Crippen molar-refractivity contribution in [2.24, 2.45) is 5.92 Å². The molecule has 1 saturated heterocycles. The molecule has 3 aliphatic heterocycles. The third-order valence-corrected chi connectivity index (χ3v) is 15.5. The summed E-state index contributed by atoms with van der Waals surface area (Å²) in [4.78, 5) is 40.8. The fourth-order valence-electron chi connectivity index (χ4n) is 8.58. The Morgan fingerprint density at radius 1 is 0.970 bits per heavy atom. The minimum absolute atomic E-state index is 0.0689. The average Bonchev–Trinajstić information content (AvgIpc) is 3.63. The second-order valence-electron chi connectivity index (χ2n) is 17.9. The Morgan fingerprint density at radius 3 is 2.32 bits per heavy atom. The lowest BCUT2D eigenvalue weighted by molar-refractivity contribution is -0.139. The molecule has 1 aromatic carbocycles. The molecule has 362 valence electrons. The summed E-state index contributed by atoms with van der Waals surface area (Å²) in [6, 6.07) is 12.4. The molecule has 0 saturated carbocycles. The highest BCUT2D eigenvalue weighted by Gasteiger charge is 2.44. The number of nitrogens with zero attached hydrogens (tertiary/aromatic N) is 3. The summed E-state index contributed by atoms with van der Waals surface area (Å²) in [6.45, 7) is 13.1. The normalized spacial score (nSPS) is 19.4. The summed E-state index contributed by atoms with van der Waals surface area (Å²) in [5, 5.41) is 3.59. The molecule has 66 heavy (non-hydrogen) atoms. The molecule has 0 bridgehead atoms. The van der Waals surface area contributed by atoms with E-state index in [0.29, 0.717) is 54.4 Å². The van der Waals surface area contributed by atoms with Crippen LogP contribution >= 0.6 is 0 Å². The van der Waals surface area contributed by atoms with Crippen molar-refractivity contribution in [3.05, 3.63) is 82.6 Å². The predicted molar refractivity (Wildman–Crippen MR) is 249 cm³/mol. The van der Waals surface area contributed by atoms with Crippen LogP contribution in [-0.2, 0) is 63.9 Å². The van der Waals surface area contributed by atoms with Gasteiger partial charge < -0.3 is 19.2 Å². The topological polar surface area (TPSA) is 230 Å². The van der Waals surface area contributed by atoms with Gasteiger partial charge in [-0.3, -0.25) is 27.6 Å². The molecule has 1 aliphatic carbocycles. The van der Waals surface area contributed by atoms with Crippen LogP contribution in [0.15, 0.2) is 69.6 Å². The number of carbonyl (C=O) groups excluding carboxylic acids is 3. The van der Waals surface area contributed by atoms with Crippen LogP contribution in [0, 0.1) is 5.92 Å². The van der Waals surface area contributed by atoms with E-state index in [1.165, 1.54) is 6.07 Å². The lowest BCUT2D eigenvalue weighted by atomic mass is 9.77. The number of rotatable bonds is 21. The van der Waals surface area contributed by atoms with E-state index in [1.54, 1.807) is 25.1 Å². The second kappa shape index (κ2) is 21.1. The van der Waals surface area contributed by atoms with Crippen molar-refractivity contribution in [3.8, 4) is 11.3 Å². The number of carbonyl (C=O) groups is 3. The number of allylic oxidation sites excluding steroid dienone is 3. The number of hydrogen-bond donors (Lipinski definition) is 1. The predicted octanol–water partition coefficient (Wildman–Crippen LogP) is 4.47. The highest BCUT2D eigenvalue weighted by Crippen LogP contribution is 2.51. The fraction of sp³-hybridized carbons (Fsp3) is 0.522. The molecular formula is C46H62N4O13S3. The molecule has 0 radical (unpaired) electrons. The highest BCUT2D eigenvalue weighted by atomic mass is 32.2. The Kier molecular flexibility index (Phi) is 16.7. The zero-order valence-electron chi connectivity index (χ0n) is 38.9. The molecule has 5 rings (SSSR count). The largest absolute Gasteiger partial charge is 0.748 e. The van der Waals surface area contributed by atoms with E-state index in [9.17, 15) is 44.2 Å². The third-order valence-electron chi connectivity index (χ3n) is 12.1. The quantitative estimate of drug-likeness (QED) is 0.0673. The molecule has 1 fully saturated rings. The Balaban J connectivity index is 1.55. The van der Waals surface area contributed by atoms with Crippen LogP contribution in [0.2, 0.25) is 0 Å². The van der Waals surface area contributed by atoms with Gasteiger partial charge in [0.1, 0.15) is 24.6 Å². The molecule has 20 heteroatoms. The SMILES string of the molecule is CC[N+](CCCS(=O)(=O)[O-])=c1ccc2c(C(C)(C)C)cc(/C=C/C=C3\N(CCCS(=O)(=O)OC)c4ccc(S(=O)(=O)OC)cc4C3(C)CCCC(=O)NCCN3C(=O)CC(C)C3=O)oc-2c1. The summed E-state index contributed by atoms with van der Waals surface area (Å²) >= 11 is 0. The van der Waals surface area contributed by atoms with Crippen LogP contribution in [-0.4, -0.2) is 111 Å². The van der Waals surface area contributed by atoms with Gasteiger partial charge in [0, 0.05) is 79.0 Å². The number of anilines is 1. The van der Waals surface area contributed by atoms with Crippen molar-refractivity contribution >= 4 is 59.8 Å². The van der Waals surface area contributed by atoms with Crippen molar-refractivity contribution in [2.45, 2.75) is 95.8 Å². The highest BCUT2D eigenvalue weighted by molar-refractivity contribution is 7.87. The van der Waals surface area contributed by atoms with E-state index in [0.717, 1.165) is 35.6 Å². The first-order valence-corrected chi connectivity index (χ1v) is 26.5. The van der Waals surface area contributed by atoms with E-state index in [-0.39, 0.29) is 79.1 Å². The Hall–Kier alpha value is -4.73. The van der Waals surface area contributed by atoms with Gasteiger partial charge in [0.2, 0.25) is 23.1 Å². The van der Waals surface area contributed by atoms with Gasteiger partial charge in [-0.05, 0) is 92.1 Å². The molecule has 17 nitrogen and oxygen atoms in total. The van der Waals surface area contributed by atoms with Gasteiger partial charge in [0.05, 0.1) is 41.1 Å². The maximum Gasteiger partial charge on any atom is 0.296 e. The van der Waals surface area contributed by atoms with Gasteiger partial charge in [-0.25, -0.2) is 13.0 Å². The maximum absolute atomic E-state index is 13.1. The monoisotopic (exact) mass is 974 g/mol. The lowest BCUT2D eigenvalue weighted by Crippen LogP contribution is -2.38. The van der Waals surface area contributed by atoms with Crippen LogP contribution in [0.25, 0.3) is 17.4 Å². The summed E-state index contributed by atoms with van der Waals surface area (Å²) in [5.41, 5.74) is 2.62. The molecule has 2 atom stereocenters. The van der Waals surface area contributed by atoms with Crippen LogP contribution in [0.3, 0.4) is 0 Å². The van der Waals surface area contributed by atoms with E-state index in [2.05, 4.69) is 26.1 Å². The van der Waals surface area contributed by atoms with Crippen molar-refractivity contribution in [3.63, 3.8) is 0 Å². The molecule has 4 aliphatic rings. The molecule has 3 heterocycles. The van der Waals surface area contributed by atoms with Crippen molar-refractivity contribution in [2.75, 3.05) is 63.3 Å². The van der Waals surface area contributed by atoms with Crippen LogP contribution in [0.4, 0.5) is 5.69 Å². The molecule has 3 amide bonds. The van der Waals surface area contributed by atoms with Gasteiger partial charge in [0.25, 0.3) is 20.2 Å². The zero-order chi connectivity index (χ0) is 48.8. The fourth-order valence-corrected chi connectivity index (χ4v) is 10.4. The van der Waals surface area contributed by atoms with E-state index < -0.39 is 47.4 Å². The Morgan fingerprint density at radius 2 is 1.70 bits per heavy atom. The first-order valence-electron chi connectivity index (χ1n) is 21.9. The average molecular weight is 975 g/mol. The van der Waals surface area contributed by atoms with Crippen LogP contribution in [0.1, 0.15) is 97.0 Å². The van der Waals surface area contributed by atoms with E-state index in [4.69, 9.17) is 12.8 Å². The van der Waals surface area contributed by atoms with E-state index >= 15 is 0 Å². The third kappa shape index (κ3) is 12.6. The van der Waals surface area contributed by atoms with Gasteiger partial charge >= 0.3 is 0 Å². The maximum atomic E-state index is 13.1. The molecule has 0 aromatic heterocycles. The lowest BCUT2D eigenvalue weighted by Gasteiger charge is -2.30. The number of benzene rings is 2. The standard InChI is InChI=1S/C46H62N4O13S3/c1-9-48(23-12-26-64(54,55)56)33-17-19-36-37(45(3,4)5)30-34(63-40(36)29-33)14-10-15-41-46(6,21-11-16-42(51)47-22-25-50-43(52)28-32(2)44(50)53)38-31-35(66(59,60)62-8)18-20-39(38)49(41)24-13-27-65(57,58)61-7/h10,14-15,17-20,29-32H,9,11-13,16,21-28H2,1-8H3,(H-,47,51,54,55,56). The molecule has 2 unspecified atom stereocenters. The number of fused-ring (bicyclic) bond motifs is 2. The molecule has 1 N–H and O–H groups in total. The summed E-state index contributed by atoms with van der Waals surface area (Å²) in [6.07, 6.45) is 6.72. The van der Waals surface area contributed by atoms with Crippen molar-refractivity contribution < 1.29 is 57.0 Å². The van der Waals surface area contributed by atoms with Gasteiger partial charge in [-0.15, -0.1) is 0 Å². The Labute approximate surface area is 388 Å². The van der Waals surface area contributed by atoms with Gasteiger partial charge in [-0.1, -0.05) is 33.8 Å². The summed E-state index contributed by atoms with van der Waals surface area (Å²) in [7, 11) is -10.1. The van der Waals surface area contributed by atoms with Crippen molar-refractivity contribution in [1.82, 2.24) is 14.8 Å². The minimum Gasteiger partial charge on any atom is -0.748 e. The number of hydrogen-bond acceptors (Lipinski definition) is 14. The number of imide groups is 1. The van der Waals surface area contributed by atoms with Gasteiger partial charge in [-0.2, -0.15) is 16.8 Å². The zero-order valence-corrected chi connectivity index (χ0v) is 41.4. The number of amides is 3. The van der Waals surface area contributed by atoms with Crippen LogP contribution < -0.4 is 20.1 Å². The summed E-state index contributed by atoms with van der Waals surface area (Å²) in [5.74, 6) is -0.878. The smallest absolute Gasteiger partial charge is 0.296 e. The van der Waals surface area contributed by atoms with E-state index in [1.807, 2.05) is 59.7 Å². The Bertz CT molecular complexity index is 2760. The first-order chi connectivity index (χ1) is 30.8. The number of nitrogens with one attached hydrogen (secondary N) is 1. The van der Waals surface area contributed by atoms with Crippen LogP contribution in [0.5, 0.6) is 0 Å². The number of likely N-dealkylation sites (tertiary alicyclic amines) is 1. The summed E-state index contributed by atoms with van der Waals surface area (Å²) < 4.78 is 103. The molecule has 1 aromatic rings. The molecular weight excluding hydrogens is 913 g/mol. The van der Waals surface area contributed by atoms with Crippen molar-refractivity contribution in [1.29, 1.82) is 0 Å².